The van der Waals surface area contributed by atoms with Crippen LogP contribution >= 0.6 is 0 Å². The molecule has 1 aromatic rings. The fourth-order valence-electron chi connectivity index (χ4n) is 2.58. The molecule has 0 saturated carbocycles. The van der Waals surface area contributed by atoms with E-state index in [1.54, 1.807) is 18.3 Å². The predicted octanol–water partition coefficient (Wildman–Crippen LogP) is 2.17. The molecular weight excluding hydrogens is 296 g/mol. The summed E-state index contributed by atoms with van der Waals surface area (Å²) in [6.45, 7) is 0.890. The molecule has 0 spiro atoms. The summed E-state index contributed by atoms with van der Waals surface area (Å²) < 4.78 is 10.3. The van der Waals surface area contributed by atoms with Crippen molar-refractivity contribution >= 4 is 12.1 Å². The van der Waals surface area contributed by atoms with Crippen LogP contribution < -0.4 is 0 Å². The third-order valence-corrected chi connectivity index (χ3v) is 3.77. The summed E-state index contributed by atoms with van der Waals surface area (Å²) in [5, 5.41) is 0. The molecule has 0 N–H and O–H groups in total. The van der Waals surface area contributed by atoms with Crippen molar-refractivity contribution in [2.24, 2.45) is 5.92 Å². The molecule has 1 saturated heterocycles. The Morgan fingerprint density at radius 3 is 3.00 bits per heavy atom. The number of rotatable bonds is 4. The number of terminal acetylenes is 1. The van der Waals surface area contributed by atoms with Crippen molar-refractivity contribution in [3.8, 4) is 12.3 Å². The fraction of sp³-hybridized carbons (Fsp3) is 0.471. The minimum atomic E-state index is -0.567. The number of aromatic nitrogens is 1. The highest BCUT2D eigenvalue weighted by atomic mass is 16.5. The van der Waals surface area contributed by atoms with Crippen LogP contribution in [0.4, 0.5) is 4.79 Å². The minimum Gasteiger partial charge on any atom is -0.455 e. The molecule has 1 fully saturated rings. The zero-order valence-corrected chi connectivity index (χ0v) is 13.1. The molecule has 6 heteroatoms. The number of esters is 1. The normalized spacial score (nSPS) is 18.6. The zero-order chi connectivity index (χ0) is 16.7. The number of hydrogen-bond acceptors (Lipinski definition) is 5. The van der Waals surface area contributed by atoms with Crippen molar-refractivity contribution in [3.05, 3.63) is 30.1 Å². The number of ether oxygens (including phenoxy) is 2. The average molecular weight is 316 g/mol. The van der Waals surface area contributed by atoms with Crippen molar-refractivity contribution in [2.45, 2.75) is 25.4 Å². The highest BCUT2D eigenvalue weighted by molar-refractivity contribution is 5.75. The summed E-state index contributed by atoms with van der Waals surface area (Å²) in [5.74, 6) is 1.78. The van der Waals surface area contributed by atoms with Crippen molar-refractivity contribution in [2.75, 3.05) is 20.2 Å². The van der Waals surface area contributed by atoms with Gasteiger partial charge in [0.25, 0.3) is 0 Å². The summed E-state index contributed by atoms with van der Waals surface area (Å²) in [6, 6.07) is 5.38. The van der Waals surface area contributed by atoms with Crippen LogP contribution in [0.15, 0.2) is 24.4 Å². The number of piperidine rings is 1. The van der Waals surface area contributed by atoms with Gasteiger partial charge in [-0.1, -0.05) is 6.07 Å². The molecule has 1 aliphatic heterocycles. The van der Waals surface area contributed by atoms with Gasteiger partial charge in [0, 0.05) is 19.3 Å². The Labute approximate surface area is 135 Å². The zero-order valence-electron chi connectivity index (χ0n) is 13.1. The Kier molecular flexibility index (Phi) is 5.98. The van der Waals surface area contributed by atoms with E-state index in [-0.39, 0.29) is 18.3 Å². The van der Waals surface area contributed by atoms with Gasteiger partial charge in [-0.15, -0.1) is 12.3 Å². The van der Waals surface area contributed by atoms with E-state index in [0.717, 1.165) is 6.42 Å². The Balaban J connectivity index is 2.01. The Morgan fingerprint density at radius 1 is 1.52 bits per heavy atom. The van der Waals surface area contributed by atoms with E-state index in [0.29, 0.717) is 25.2 Å². The third-order valence-electron chi connectivity index (χ3n) is 3.77. The molecule has 2 atom stereocenters. The van der Waals surface area contributed by atoms with Crippen molar-refractivity contribution in [1.29, 1.82) is 0 Å². The lowest BCUT2D eigenvalue weighted by atomic mass is 9.98. The van der Waals surface area contributed by atoms with Gasteiger partial charge in [-0.3, -0.25) is 9.78 Å². The first-order chi connectivity index (χ1) is 11.2. The number of carbonyl (C=O) groups excluding carboxylic acids is 2. The third kappa shape index (κ3) is 4.46. The smallest absolute Gasteiger partial charge is 0.409 e. The van der Waals surface area contributed by atoms with Gasteiger partial charge in [-0.2, -0.15) is 0 Å². The maximum absolute atomic E-state index is 12.4. The molecule has 2 heterocycles. The number of nitrogens with zero attached hydrogens (tertiary/aromatic N) is 2. The maximum Gasteiger partial charge on any atom is 0.409 e. The molecule has 1 aliphatic rings. The standard InChI is InChI=1S/C17H20N2O4/c1-3-7-15(14-9-4-5-10-18-14)23-16(20)13-8-6-11-19(12-13)17(21)22-2/h1,4-5,9-10,13,15H,6-8,11-12H2,2H3. The Hall–Kier alpha value is -2.55. The molecule has 0 aromatic carbocycles. The first-order valence-corrected chi connectivity index (χ1v) is 7.53. The molecule has 0 bridgehead atoms. The van der Waals surface area contributed by atoms with Crippen molar-refractivity contribution in [1.82, 2.24) is 9.88 Å². The van der Waals surface area contributed by atoms with Gasteiger partial charge in [0.05, 0.1) is 25.1 Å². The lowest BCUT2D eigenvalue weighted by molar-refractivity contribution is -0.156. The van der Waals surface area contributed by atoms with E-state index < -0.39 is 12.2 Å². The predicted molar refractivity (Wildman–Crippen MR) is 83.2 cm³/mol. The summed E-state index contributed by atoms with van der Waals surface area (Å²) in [6.07, 6.45) is 7.67. The van der Waals surface area contributed by atoms with Crippen molar-refractivity contribution < 1.29 is 19.1 Å². The first-order valence-electron chi connectivity index (χ1n) is 7.53. The number of carbonyl (C=O) groups is 2. The lowest BCUT2D eigenvalue weighted by Gasteiger charge is -2.31. The SMILES string of the molecule is C#CCC(OC(=O)C1CCCN(C(=O)OC)C1)c1ccccn1. The van der Waals surface area contributed by atoms with Gasteiger partial charge in [0.15, 0.2) is 6.10 Å². The molecule has 6 nitrogen and oxygen atoms in total. The van der Waals surface area contributed by atoms with E-state index in [1.165, 1.54) is 12.0 Å². The van der Waals surface area contributed by atoms with Crippen LogP contribution in [0.1, 0.15) is 31.1 Å². The second-order valence-electron chi connectivity index (χ2n) is 5.34. The molecule has 2 rings (SSSR count). The lowest BCUT2D eigenvalue weighted by Crippen LogP contribution is -2.42. The maximum atomic E-state index is 12.4. The summed E-state index contributed by atoms with van der Waals surface area (Å²) in [5.41, 5.74) is 0.624. The minimum absolute atomic E-state index is 0.260. The molecule has 0 radical (unpaired) electrons. The first kappa shape index (κ1) is 16.8. The van der Waals surface area contributed by atoms with Crippen LogP contribution in [-0.4, -0.2) is 42.1 Å². The number of pyridine rings is 1. The van der Waals surface area contributed by atoms with Crippen LogP contribution in [0.2, 0.25) is 0 Å². The molecule has 2 unspecified atom stereocenters. The van der Waals surface area contributed by atoms with Gasteiger partial charge in [0.1, 0.15) is 0 Å². The van der Waals surface area contributed by atoms with Gasteiger partial charge in [-0.25, -0.2) is 4.79 Å². The van der Waals surface area contributed by atoms with Crippen LogP contribution in [-0.2, 0) is 14.3 Å². The second kappa shape index (κ2) is 8.18. The monoisotopic (exact) mass is 316 g/mol. The average Bonchev–Trinajstić information content (AvgIpc) is 2.61. The highest BCUT2D eigenvalue weighted by Crippen LogP contribution is 2.24. The van der Waals surface area contributed by atoms with Crippen LogP contribution in [0, 0.1) is 18.3 Å². The van der Waals surface area contributed by atoms with E-state index in [4.69, 9.17) is 15.9 Å². The number of methoxy groups -OCH3 is 1. The van der Waals surface area contributed by atoms with Crippen LogP contribution in [0.5, 0.6) is 0 Å². The Morgan fingerprint density at radius 2 is 2.35 bits per heavy atom. The molecule has 1 aromatic heterocycles. The number of hydrogen-bond donors (Lipinski definition) is 0. The van der Waals surface area contributed by atoms with E-state index in [2.05, 4.69) is 10.9 Å². The fourth-order valence-corrected chi connectivity index (χ4v) is 2.58. The van der Waals surface area contributed by atoms with Crippen molar-refractivity contribution in [3.63, 3.8) is 0 Å². The molecular formula is C17H20N2O4. The number of likely N-dealkylation sites (tertiary alicyclic amines) is 1. The summed E-state index contributed by atoms with van der Waals surface area (Å²) in [4.78, 5) is 29.7. The topological polar surface area (TPSA) is 68.7 Å². The Bertz CT molecular complexity index is 582. The second-order valence-corrected chi connectivity index (χ2v) is 5.34. The quantitative estimate of drug-likeness (QED) is 0.629. The highest BCUT2D eigenvalue weighted by Gasteiger charge is 2.31. The van der Waals surface area contributed by atoms with E-state index in [1.807, 2.05) is 6.07 Å². The van der Waals surface area contributed by atoms with Gasteiger partial charge >= 0.3 is 12.1 Å². The largest absolute Gasteiger partial charge is 0.455 e. The van der Waals surface area contributed by atoms with E-state index in [9.17, 15) is 9.59 Å². The number of amides is 1. The van der Waals surface area contributed by atoms with Gasteiger partial charge in [0.2, 0.25) is 0 Å². The van der Waals surface area contributed by atoms with Crippen LogP contribution in [0.3, 0.4) is 0 Å². The molecule has 1 amide bonds. The molecule has 122 valence electrons. The molecule has 0 aliphatic carbocycles. The summed E-state index contributed by atoms with van der Waals surface area (Å²) in [7, 11) is 1.33. The van der Waals surface area contributed by atoms with Gasteiger partial charge < -0.3 is 14.4 Å². The summed E-state index contributed by atoms with van der Waals surface area (Å²) >= 11 is 0. The van der Waals surface area contributed by atoms with E-state index >= 15 is 0 Å². The van der Waals surface area contributed by atoms with Gasteiger partial charge in [-0.05, 0) is 25.0 Å². The molecule has 23 heavy (non-hydrogen) atoms. The van der Waals surface area contributed by atoms with Crippen LogP contribution in [0.25, 0.3) is 0 Å².